The summed E-state index contributed by atoms with van der Waals surface area (Å²) in [7, 11) is 2.09. The summed E-state index contributed by atoms with van der Waals surface area (Å²) in [6.07, 6.45) is 7.59. The van der Waals surface area contributed by atoms with Crippen molar-refractivity contribution in [1.29, 1.82) is 5.26 Å². The van der Waals surface area contributed by atoms with E-state index in [4.69, 9.17) is 0 Å². The van der Waals surface area contributed by atoms with Crippen molar-refractivity contribution in [3.8, 4) is 6.07 Å². The second-order valence-corrected chi connectivity index (χ2v) is 6.85. The van der Waals surface area contributed by atoms with Gasteiger partial charge < -0.3 is 10.2 Å². The van der Waals surface area contributed by atoms with E-state index >= 15 is 0 Å². The summed E-state index contributed by atoms with van der Waals surface area (Å²) in [4.78, 5) is 2.23. The minimum atomic E-state index is 0.380. The number of hydrogen-bond donors (Lipinski definition) is 1. The molecular weight excluding hydrogens is 294 g/mol. The average molecular weight is 323 g/mol. The highest BCUT2D eigenvalue weighted by Gasteiger charge is 2.10. The summed E-state index contributed by atoms with van der Waals surface area (Å²) in [5.41, 5.74) is 4.82. The number of benzene rings is 1. The van der Waals surface area contributed by atoms with Crippen LogP contribution in [0.15, 0.2) is 47.6 Å². The number of nitrogens with one attached hydrogen (secondary N) is 1. The zero-order chi connectivity index (χ0) is 17.4. The fourth-order valence-corrected chi connectivity index (χ4v) is 3.08. The molecule has 0 spiro atoms. The number of rotatable bonds is 5. The van der Waals surface area contributed by atoms with Crippen molar-refractivity contribution in [3.05, 3.63) is 58.7 Å². The Kier molecular flexibility index (Phi) is 7.24. The highest BCUT2D eigenvalue weighted by Crippen LogP contribution is 2.16. The van der Waals surface area contributed by atoms with Crippen LogP contribution < -0.4 is 5.32 Å². The Bertz CT molecular complexity index is 637. The lowest BCUT2D eigenvalue weighted by molar-refractivity contribution is 0.361. The molecule has 3 heteroatoms. The maximum absolute atomic E-state index is 9.36. The molecule has 0 fully saturated rings. The van der Waals surface area contributed by atoms with Crippen molar-refractivity contribution in [1.82, 2.24) is 10.2 Å². The predicted octanol–water partition coefficient (Wildman–Crippen LogP) is 3.97. The van der Waals surface area contributed by atoms with Gasteiger partial charge in [0.1, 0.15) is 0 Å². The molecule has 24 heavy (non-hydrogen) atoms. The normalized spacial score (nSPS) is 22.1. The first-order chi connectivity index (χ1) is 11.6. The number of aryl methyl sites for hydroxylation is 1. The van der Waals surface area contributed by atoms with E-state index in [2.05, 4.69) is 73.6 Å². The molecule has 1 N–H and O–H groups in total. The van der Waals surface area contributed by atoms with Crippen LogP contribution in [0.4, 0.5) is 0 Å². The quantitative estimate of drug-likeness (QED) is 0.891. The summed E-state index contributed by atoms with van der Waals surface area (Å²) < 4.78 is 0. The zero-order valence-corrected chi connectivity index (χ0v) is 15.2. The van der Waals surface area contributed by atoms with Gasteiger partial charge in [0.15, 0.2) is 0 Å². The van der Waals surface area contributed by atoms with Crippen molar-refractivity contribution in [2.75, 3.05) is 20.1 Å². The van der Waals surface area contributed by atoms with E-state index in [0.29, 0.717) is 6.04 Å². The van der Waals surface area contributed by atoms with Gasteiger partial charge in [-0.2, -0.15) is 5.26 Å². The molecule has 1 aliphatic heterocycles. The van der Waals surface area contributed by atoms with Gasteiger partial charge >= 0.3 is 0 Å². The van der Waals surface area contributed by atoms with E-state index < -0.39 is 0 Å². The van der Waals surface area contributed by atoms with Gasteiger partial charge in [0.25, 0.3) is 0 Å². The third-order valence-electron chi connectivity index (χ3n) is 4.54. The monoisotopic (exact) mass is 323 g/mol. The Morgan fingerprint density at radius 2 is 2.12 bits per heavy atom. The summed E-state index contributed by atoms with van der Waals surface area (Å²) in [5, 5.41) is 13.0. The van der Waals surface area contributed by atoms with Crippen LogP contribution in [0.2, 0.25) is 0 Å². The van der Waals surface area contributed by atoms with Crippen LogP contribution in [0.1, 0.15) is 37.3 Å². The number of hydrogen-bond acceptors (Lipinski definition) is 3. The highest BCUT2D eigenvalue weighted by atomic mass is 15.1. The van der Waals surface area contributed by atoms with E-state index in [9.17, 15) is 5.26 Å². The van der Waals surface area contributed by atoms with Crippen molar-refractivity contribution < 1.29 is 0 Å². The summed E-state index contributed by atoms with van der Waals surface area (Å²) in [6.45, 7) is 7.06. The van der Waals surface area contributed by atoms with Crippen LogP contribution in [-0.2, 0) is 6.54 Å². The molecule has 1 aliphatic rings. The van der Waals surface area contributed by atoms with Crippen LogP contribution in [0.3, 0.4) is 0 Å². The van der Waals surface area contributed by atoms with Crippen LogP contribution in [0, 0.1) is 18.3 Å². The number of nitriles is 1. The minimum absolute atomic E-state index is 0.380. The molecule has 0 saturated heterocycles. The summed E-state index contributed by atoms with van der Waals surface area (Å²) >= 11 is 0. The Morgan fingerprint density at radius 1 is 1.33 bits per heavy atom. The largest absolute Gasteiger partial charge is 0.310 e. The minimum Gasteiger partial charge on any atom is -0.310 e. The van der Waals surface area contributed by atoms with Crippen molar-refractivity contribution in [3.63, 3.8) is 0 Å². The molecule has 128 valence electrons. The maximum Gasteiger partial charge on any atom is 0.0960 e. The zero-order valence-electron chi connectivity index (χ0n) is 15.2. The van der Waals surface area contributed by atoms with Gasteiger partial charge in [-0.1, -0.05) is 30.3 Å². The third kappa shape index (κ3) is 5.96. The lowest BCUT2D eigenvalue weighted by Crippen LogP contribution is -2.26. The molecule has 1 heterocycles. The van der Waals surface area contributed by atoms with E-state index in [1.54, 1.807) is 0 Å². The Labute approximate surface area is 146 Å². The SMILES string of the molecule is Cc1ccccc1CNC(C)CC1=C/CCCN(C)C/C(C#N)=C\1. The Hall–Kier alpha value is -1.89. The van der Waals surface area contributed by atoms with Gasteiger partial charge in [-0.25, -0.2) is 0 Å². The first-order valence-corrected chi connectivity index (χ1v) is 8.84. The number of likely N-dealkylation sites (N-methyl/N-ethyl adjacent to an activating group) is 1. The van der Waals surface area contributed by atoms with E-state index in [1.807, 2.05) is 0 Å². The molecule has 0 amide bonds. The van der Waals surface area contributed by atoms with Crippen molar-refractivity contribution >= 4 is 0 Å². The third-order valence-corrected chi connectivity index (χ3v) is 4.54. The van der Waals surface area contributed by atoms with Gasteiger partial charge in [0.05, 0.1) is 6.07 Å². The first-order valence-electron chi connectivity index (χ1n) is 8.84. The molecule has 1 aromatic rings. The van der Waals surface area contributed by atoms with Crippen LogP contribution in [-0.4, -0.2) is 31.1 Å². The smallest absolute Gasteiger partial charge is 0.0960 e. The molecule has 0 saturated carbocycles. The van der Waals surface area contributed by atoms with Crippen molar-refractivity contribution in [2.24, 2.45) is 0 Å². The Morgan fingerprint density at radius 3 is 2.88 bits per heavy atom. The topological polar surface area (TPSA) is 39.1 Å². The van der Waals surface area contributed by atoms with E-state index in [0.717, 1.165) is 44.5 Å². The van der Waals surface area contributed by atoms with Crippen LogP contribution >= 0.6 is 0 Å². The fraction of sp³-hybridized carbons (Fsp3) is 0.476. The summed E-state index contributed by atoms with van der Waals surface area (Å²) in [6, 6.07) is 11.2. The second-order valence-electron chi connectivity index (χ2n) is 6.85. The lowest BCUT2D eigenvalue weighted by Gasteiger charge is -2.16. The standard InChI is InChI=1S/C21H29N3/c1-17-8-4-5-10-21(17)15-23-18(2)12-19-9-6-7-11-24(3)16-20(13-19)14-22/h4-5,8-10,13,18,23H,6-7,11-12,15-16H2,1-3H3/b19-9-,20-13-. The van der Waals surface area contributed by atoms with Gasteiger partial charge in [0, 0.05) is 24.7 Å². The fourth-order valence-electron chi connectivity index (χ4n) is 3.08. The highest BCUT2D eigenvalue weighted by molar-refractivity contribution is 5.33. The maximum atomic E-state index is 9.36. The second kappa shape index (κ2) is 9.42. The van der Waals surface area contributed by atoms with Gasteiger partial charge in [-0.15, -0.1) is 0 Å². The first kappa shape index (κ1) is 18.4. The molecule has 0 radical (unpaired) electrons. The predicted molar refractivity (Wildman–Crippen MR) is 101 cm³/mol. The van der Waals surface area contributed by atoms with E-state index in [1.165, 1.54) is 16.7 Å². The molecule has 1 aromatic carbocycles. The molecule has 3 nitrogen and oxygen atoms in total. The van der Waals surface area contributed by atoms with Crippen LogP contribution in [0.5, 0.6) is 0 Å². The van der Waals surface area contributed by atoms with Crippen LogP contribution in [0.25, 0.3) is 0 Å². The summed E-state index contributed by atoms with van der Waals surface area (Å²) in [5.74, 6) is 0. The van der Waals surface area contributed by atoms with Gasteiger partial charge in [-0.05, 0) is 69.5 Å². The van der Waals surface area contributed by atoms with Gasteiger partial charge in [0.2, 0.25) is 0 Å². The molecule has 0 aliphatic carbocycles. The molecule has 0 aromatic heterocycles. The van der Waals surface area contributed by atoms with Gasteiger partial charge in [-0.3, -0.25) is 0 Å². The lowest BCUT2D eigenvalue weighted by atomic mass is 10.0. The number of nitrogens with zero attached hydrogens (tertiary/aromatic N) is 2. The molecule has 2 rings (SSSR count). The average Bonchev–Trinajstić information content (AvgIpc) is 2.65. The molecule has 1 atom stereocenters. The van der Waals surface area contributed by atoms with E-state index in [-0.39, 0.29) is 0 Å². The van der Waals surface area contributed by atoms with Crippen molar-refractivity contribution in [2.45, 2.75) is 45.7 Å². The molecule has 0 bridgehead atoms. The Balaban J connectivity index is 1.96. The number of allylic oxidation sites excluding steroid dienone is 2. The molecular formula is C21H29N3. The molecule has 1 unspecified atom stereocenters.